The van der Waals surface area contributed by atoms with Gasteiger partial charge in [0.05, 0.1) is 6.54 Å². The van der Waals surface area contributed by atoms with Crippen LogP contribution in [0.1, 0.15) is 37.7 Å². The van der Waals surface area contributed by atoms with Gasteiger partial charge in [-0.1, -0.05) is 47.0 Å². The topological polar surface area (TPSA) is 61.9 Å². The number of nitrogens with zero attached hydrogens (tertiary/aromatic N) is 3. The zero-order valence-corrected chi connectivity index (χ0v) is 16.0. The fourth-order valence-electron chi connectivity index (χ4n) is 2.83. The summed E-state index contributed by atoms with van der Waals surface area (Å²) in [5, 5.41) is 0. The Hall–Kier alpha value is -1.56. The normalized spacial score (nSPS) is 15.9. The van der Waals surface area contributed by atoms with Crippen LogP contribution < -0.4 is 5.73 Å². The molecule has 0 unspecified atom stereocenters. The average molecular weight is 395 g/mol. The molecule has 24 heavy (non-hydrogen) atoms. The summed E-state index contributed by atoms with van der Waals surface area (Å²) in [6.07, 6.45) is 5.26. The van der Waals surface area contributed by atoms with Crippen LogP contribution >= 0.6 is 15.9 Å². The summed E-state index contributed by atoms with van der Waals surface area (Å²) < 4.78 is 1.02. The van der Waals surface area contributed by atoms with Crippen LogP contribution in [0, 0.1) is 0 Å². The van der Waals surface area contributed by atoms with Gasteiger partial charge in [-0.15, -0.1) is 0 Å². The molecule has 2 rings (SSSR count). The summed E-state index contributed by atoms with van der Waals surface area (Å²) >= 11 is 3.51. The van der Waals surface area contributed by atoms with E-state index in [4.69, 9.17) is 5.73 Å². The molecule has 1 saturated heterocycles. The molecule has 1 aromatic carbocycles. The van der Waals surface area contributed by atoms with E-state index in [0.29, 0.717) is 25.5 Å². The first-order chi connectivity index (χ1) is 11.6. The van der Waals surface area contributed by atoms with Gasteiger partial charge in [0.2, 0.25) is 5.91 Å². The van der Waals surface area contributed by atoms with E-state index in [1.165, 1.54) is 25.7 Å². The maximum atomic E-state index is 12.3. The zero-order valence-electron chi connectivity index (χ0n) is 14.4. The van der Waals surface area contributed by atoms with Gasteiger partial charge < -0.3 is 15.5 Å². The van der Waals surface area contributed by atoms with Crippen LogP contribution in [0.3, 0.4) is 0 Å². The number of guanidine groups is 1. The minimum absolute atomic E-state index is 0.0816. The molecule has 1 heterocycles. The largest absolute Gasteiger partial charge is 0.370 e. The fraction of sp³-hybridized carbons (Fsp3) is 0.556. The van der Waals surface area contributed by atoms with E-state index in [1.807, 2.05) is 31.3 Å². The standard InChI is InChI=1S/C18H27BrN4O/c1-22(14-15-8-4-5-9-16(15)19)17(24)10-11-21-18(20)23-12-6-2-3-7-13-23/h4-5,8-9H,2-3,6-7,10-14H2,1H3,(H2,20,21). The van der Waals surface area contributed by atoms with Crippen LogP contribution in [0.5, 0.6) is 0 Å². The smallest absolute Gasteiger partial charge is 0.224 e. The van der Waals surface area contributed by atoms with Gasteiger partial charge in [-0.2, -0.15) is 0 Å². The van der Waals surface area contributed by atoms with Crippen LogP contribution in [0.4, 0.5) is 0 Å². The Morgan fingerprint density at radius 3 is 2.58 bits per heavy atom. The highest BCUT2D eigenvalue weighted by molar-refractivity contribution is 9.10. The number of halogens is 1. The molecule has 132 valence electrons. The van der Waals surface area contributed by atoms with E-state index in [0.717, 1.165) is 23.1 Å². The lowest BCUT2D eigenvalue weighted by Gasteiger charge is -2.21. The number of likely N-dealkylation sites (tertiary alicyclic amines) is 1. The van der Waals surface area contributed by atoms with Gasteiger partial charge in [-0.05, 0) is 24.5 Å². The third-order valence-electron chi connectivity index (χ3n) is 4.32. The summed E-state index contributed by atoms with van der Waals surface area (Å²) in [6, 6.07) is 7.95. The highest BCUT2D eigenvalue weighted by Crippen LogP contribution is 2.17. The van der Waals surface area contributed by atoms with E-state index in [1.54, 1.807) is 4.90 Å². The second-order valence-electron chi connectivity index (χ2n) is 6.23. The van der Waals surface area contributed by atoms with Gasteiger partial charge in [0.1, 0.15) is 0 Å². The summed E-state index contributed by atoms with van der Waals surface area (Å²) in [5.74, 6) is 0.663. The molecule has 1 aromatic rings. The number of carbonyl (C=O) groups excluding carboxylic acids is 1. The number of hydrogen-bond donors (Lipinski definition) is 1. The fourth-order valence-corrected chi connectivity index (χ4v) is 3.24. The van der Waals surface area contributed by atoms with Crippen molar-refractivity contribution in [1.29, 1.82) is 0 Å². The minimum atomic E-state index is 0.0816. The van der Waals surface area contributed by atoms with Gasteiger partial charge >= 0.3 is 0 Å². The molecule has 1 aliphatic rings. The van der Waals surface area contributed by atoms with Crippen LogP contribution in [-0.4, -0.2) is 48.3 Å². The van der Waals surface area contributed by atoms with E-state index in [-0.39, 0.29) is 5.91 Å². The first-order valence-corrected chi connectivity index (χ1v) is 9.39. The van der Waals surface area contributed by atoms with Crippen molar-refractivity contribution in [2.24, 2.45) is 10.7 Å². The van der Waals surface area contributed by atoms with Crippen molar-refractivity contribution in [1.82, 2.24) is 9.80 Å². The Morgan fingerprint density at radius 1 is 1.25 bits per heavy atom. The Labute approximate surface area is 153 Å². The van der Waals surface area contributed by atoms with Crippen molar-refractivity contribution in [3.63, 3.8) is 0 Å². The second kappa shape index (κ2) is 9.67. The Bertz CT molecular complexity index is 568. The van der Waals surface area contributed by atoms with Gasteiger partial charge in [0.15, 0.2) is 5.96 Å². The van der Waals surface area contributed by atoms with Gasteiger partial charge in [0.25, 0.3) is 0 Å². The number of nitrogens with two attached hydrogens (primary N) is 1. The zero-order chi connectivity index (χ0) is 17.4. The van der Waals surface area contributed by atoms with Gasteiger partial charge in [-0.25, -0.2) is 0 Å². The van der Waals surface area contributed by atoms with E-state index < -0.39 is 0 Å². The molecule has 0 saturated carbocycles. The molecule has 0 radical (unpaired) electrons. The van der Waals surface area contributed by atoms with Crippen molar-refractivity contribution in [3.05, 3.63) is 34.3 Å². The van der Waals surface area contributed by atoms with Crippen molar-refractivity contribution in [3.8, 4) is 0 Å². The molecule has 1 fully saturated rings. The van der Waals surface area contributed by atoms with E-state index >= 15 is 0 Å². The first-order valence-electron chi connectivity index (χ1n) is 8.60. The SMILES string of the molecule is CN(Cc1ccccc1Br)C(=O)CCN=C(N)N1CCCCCC1. The van der Waals surface area contributed by atoms with Gasteiger partial charge in [0, 0.05) is 37.6 Å². The molecule has 0 aliphatic carbocycles. The van der Waals surface area contributed by atoms with E-state index in [9.17, 15) is 4.79 Å². The summed E-state index contributed by atoms with van der Waals surface area (Å²) in [7, 11) is 1.82. The van der Waals surface area contributed by atoms with Crippen LogP contribution in [-0.2, 0) is 11.3 Å². The summed E-state index contributed by atoms with van der Waals surface area (Å²) in [4.78, 5) is 20.5. The van der Waals surface area contributed by atoms with Crippen molar-refractivity contribution < 1.29 is 4.79 Å². The molecule has 0 bridgehead atoms. The monoisotopic (exact) mass is 394 g/mol. The Balaban J connectivity index is 1.79. The number of amides is 1. The quantitative estimate of drug-likeness (QED) is 0.616. The highest BCUT2D eigenvalue weighted by atomic mass is 79.9. The summed E-state index contributed by atoms with van der Waals surface area (Å²) in [6.45, 7) is 2.99. The van der Waals surface area contributed by atoms with Crippen LogP contribution in [0.15, 0.2) is 33.7 Å². The first kappa shape index (κ1) is 18.8. The predicted molar refractivity (Wildman–Crippen MR) is 102 cm³/mol. The molecule has 6 heteroatoms. The predicted octanol–water partition coefficient (Wildman–Crippen LogP) is 2.99. The number of aliphatic imine (C=N–C) groups is 1. The van der Waals surface area contributed by atoms with Crippen molar-refractivity contribution in [2.75, 3.05) is 26.7 Å². The molecule has 0 atom stereocenters. The molecule has 0 spiro atoms. The highest BCUT2D eigenvalue weighted by Gasteiger charge is 2.12. The maximum absolute atomic E-state index is 12.3. The minimum Gasteiger partial charge on any atom is -0.370 e. The lowest BCUT2D eigenvalue weighted by Crippen LogP contribution is -2.38. The summed E-state index contributed by atoms with van der Waals surface area (Å²) in [5.41, 5.74) is 7.17. The second-order valence-corrected chi connectivity index (χ2v) is 7.09. The lowest BCUT2D eigenvalue weighted by molar-refractivity contribution is -0.130. The molecule has 5 nitrogen and oxygen atoms in total. The third-order valence-corrected chi connectivity index (χ3v) is 5.09. The van der Waals surface area contributed by atoms with Crippen LogP contribution in [0.2, 0.25) is 0 Å². The molecule has 0 aromatic heterocycles. The molecule has 2 N–H and O–H groups in total. The number of benzene rings is 1. The number of hydrogen-bond acceptors (Lipinski definition) is 2. The molecule has 1 aliphatic heterocycles. The lowest BCUT2D eigenvalue weighted by atomic mass is 10.2. The molecular weight excluding hydrogens is 368 g/mol. The number of carbonyl (C=O) groups is 1. The molecule has 1 amide bonds. The van der Waals surface area contributed by atoms with Crippen molar-refractivity contribution in [2.45, 2.75) is 38.6 Å². The Kier molecular flexibility index (Phi) is 7.56. The third kappa shape index (κ3) is 5.82. The average Bonchev–Trinajstić information content (AvgIpc) is 2.86. The van der Waals surface area contributed by atoms with Crippen molar-refractivity contribution >= 4 is 27.8 Å². The maximum Gasteiger partial charge on any atom is 0.224 e. The molecular formula is C18H27BrN4O. The van der Waals surface area contributed by atoms with Crippen LogP contribution in [0.25, 0.3) is 0 Å². The Morgan fingerprint density at radius 2 is 1.92 bits per heavy atom. The van der Waals surface area contributed by atoms with E-state index in [2.05, 4.69) is 25.8 Å². The van der Waals surface area contributed by atoms with Gasteiger partial charge in [-0.3, -0.25) is 9.79 Å². The number of rotatable bonds is 5.